The smallest absolute Gasteiger partial charge is 0.126 e. The molecule has 0 amide bonds. The molecule has 3 nitrogen and oxygen atoms in total. The van der Waals surface area contributed by atoms with E-state index in [4.69, 9.17) is 10.5 Å². The van der Waals surface area contributed by atoms with Gasteiger partial charge in [-0.05, 0) is 56.1 Å². The summed E-state index contributed by atoms with van der Waals surface area (Å²) >= 11 is 0. The van der Waals surface area contributed by atoms with Crippen molar-refractivity contribution in [2.45, 2.75) is 32.2 Å². The number of piperidine rings is 1. The fourth-order valence-corrected chi connectivity index (χ4v) is 3.83. The Balaban J connectivity index is 1.57. The molecule has 0 atom stereocenters. The zero-order valence-electron chi connectivity index (χ0n) is 15.6. The topological polar surface area (TPSA) is 38.5 Å². The molecule has 2 aromatic carbocycles. The van der Waals surface area contributed by atoms with Gasteiger partial charge in [-0.25, -0.2) is 0 Å². The first kappa shape index (κ1) is 17.3. The quantitative estimate of drug-likeness (QED) is 0.901. The Bertz CT molecular complexity index is 786. The van der Waals surface area contributed by atoms with Gasteiger partial charge in [-0.15, -0.1) is 0 Å². The molecule has 1 saturated heterocycles. The number of likely N-dealkylation sites (tertiary alicyclic amines) is 1. The second-order valence-electron chi connectivity index (χ2n) is 7.63. The van der Waals surface area contributed by atoms with Crippen LogP contribution in [0.2, 0.25) is 0 Å². The first-order chi connectivity index (χ1) is 12.7. The minimum absolute atomic E-state index is 0.385. The van der Waals surface area contributed by atoms with Gasteiger partial charge >= 0.3 is 0 Å². The monoisotopic (exact) mass is 348 g/mol. The maximum Gasteiger partial charge on any atom is 0.126 e. The molecule has 2 aliphatic heterocycles. The molecule has 3 heteroatoms. The molecule has 0 spiro atoms. The largest absolute Gasteiger partial charge is 0.493 e. The lowest BCUT2D eigenvalue weighted by Gasteiger charge is -2.30. The maximum absolute atomic E-state index is 6.04. The lowest BCUT2D eigenvalue weighted by atomic mass is 9.99. The summed E-state index contributed by atoms with van der Waals surface area (Å²) in [6, 6.07) is 15.6. The summed E-state index contributed by atoms with van der Waals surface area (Å²) in [5.41, 5.74) is 12.5. The van der Waals surface area contributed by atoms with Crippen LogP contribution in [-0.4, -0.2) is 37.2 Å². The van der Waals surface area contributed by atoms with Crippen molar-refractivity contribution in [3.05, 3.63) is 59.2 Å². The third-order valence-corrected chi connectivity index (χ3v) is 5.49. The minimum Gasteiger partial charge on any atom is -0.493 e. The summed E-state index contributed by atoms with van der Waals surface area (Å²) in [5, 5.41) is 0. The van der Waals surface area contributed by atoms with Crippen molar-refractivity contribution in [1.82, 2.24) is 4.90 Å². The Morgan fingerprint density at radius 3 is 2.54 bits per heavy atom. The average molecular weight is 348 g/mol. The molecule has 26 heavy (non-hydrogen) atoms. The molecule has 136 valence electrons. The highest BCUT2D eigenvalue weighted by molar-refractivity contribution is 5.71. The van der Waals surface area contributed by atoms with E-state index in [0.29, 0.717) is 6.04 Å². The van der Waals surface area contributed by atoms with Gasteiger partial charge in [-0.1, -0.05) is 47.5 Å². The van der Waals surface area contributed by atoms with E-state index in [1.165, 1.54) is 27.8 Å². The van der Waals surface area contributed by atoms with E-state index in [2.05, 4.69) is 60.4 Å². The molecule has 0 aromatic heterocycles. The van der Waals surface area contributed by atoms with E-state index in [-0.39, 0.29) is 0 Å². The van der Waals surface area contributed by atoms with E-state index in [1.54, 1.807) is 0 Å². The Morgan fingerprint density at radius 2 is 1.77 bits per heavy atom. The average Bonchev–Trinajstić information content (AvgIpc) is 2.85. The SMILES string of the molecule is Cc1ccc(-c2ccc3c(c2)C=C(CN2CCC(N)CC2)CCO3)cc1. The molecular formula is C23H28N2O. The van der Waals surface area contributed by atoms with Crippen molar-refractivity contribution in [2.24, 2.45) is 5.73 Å². The van der Waals surface area contributed by atoms with Crippen LogP contribution >= 0.6 is 0 Å². The Kier molecular flexibility index (Phi) is 5.09. The van der Waals surface area contributed by atoms with Crippen molar-refractivity contribution < 1.29 is 4.74 Å². The fourth-order valence-electron chi connectivity index (χ4n) is 3.83. The summed E-state index contributed by atoms with van der Waals surface area (Å²) in [4.78, 5) is 2.53. The van der Waals surface area contributed by atoms with E-state index >= 15 is 0 Å². The molecule has 0 saturated carbocycles. The zero-order chi connectivity index (χ0) is 17.9. The van der Waals surface area contributed by atoms with E-state index < -0.39 is 0 Å². The predicted molar refractivity (Wildman–Crippen MR) is 108 cm³/mol. The fraction of sp³-hybridized carbons (Fsp3) is 0.391. The molecule has 2 aromatic rings. The van der Waals surface area contributed by atoms with Crippen molar-refractivity contribution in [3.8, 4) is 16.9 Å². The van der Waals surface area contributed by atoms with Crippen LogP contribution < -0.4 is 10.5 Å². The summed E-state index contributed by atoms with van der Waals surface area (Å²) < 4.78 is 6.00. The van der Waals surface area contributed by atoms with Gasteiger partial charge in [0.1, 0.15) is 5.75 Å². The standard InChI is InChI=1S/C23H28N2O/c1-17-2-4-19(5-3-17)20-6-7-23-21(15-20)14-18(10-13-26-23)16-25-11-8-22(24)9-12-25/h2-7,14-15,22H,8-13,16,24H2,1H3. The van der Waals surface area contributed by atoms with Crippen molar-refractivity contribution >= 4 is 6.08 Å². The van der Waals surface area contributed by atoms with Gasteiger partial charge in [-0.3, -0.25) is 4.90 Å². The van der Waals surface area contributed by atoms with Gasteiger partial charge in [0.25, 0.3) is 0 Å². The molecule has 1 fully saturated rings. The van der Waals surface area contributed by atoms with E-state index in [0.717, 1.165) is 51.3 Å². The third kappa shape index (κ3) is 4.00. The highest BCUT2D eigenvalue weighted by atomic mass is 16.5. The van der Waals surface area contributed by atoms with Crippen molar-refractivity contribution in [1.29, 1.82) is 0 Å². The van der Waals surface area contributed by atoms with Gasteiger partial charge in [0.15, 0.2) is 0 Å². The minimum atomic E-state index is 0.385. The van der Waals surface area contributed by atoms with E-state index in [9.17, 15) is 0 Å². The molecular weight excluding hydrogens is 320 g/mol. The van der Waals surface area contributed by atoms with Crippen LogP contribution in [0.1, 0.15) is 30.4 Å². The van der Waals surface area contributed by atoms with Crippen LogP contribution in [-0.2, 0) is 0 Å². The second kappa shape index (κ2) is 7.65. The lowest BCUT2D eigenvalue weighted by Crippen LogP contribution is -2.40. The third-order valence-electron chi connectivity index (χ3n) is 5.49. The Morgan fingerprint density at radius 1 is 1.04 bits per heavy atom. The molecule has 2 N–H and O–H groups in total. The summed E-state index contributed by atoms with van der Waals surface area (Å²) in [6.07, 6.45) is 5.56. The van der Waals surface area contributed by atoms with E-state index in [1.807, 2.05) is 0 Å². The van der Waals surface area contributed by atoms with Crippen LogP contribution in [0.25, 0.3) is 17.2 Å². The molecule has 0 aliphatic carbocycles. The number of fused-ring (bicyclic) bond motifs is 1. The lowest BCUT2D eigenvalue weighted by molar-refractivity contribution is 0.225. The summed E-state index contributed by atoms with van der Waals surface area (Å²) in [5.74, 6) is 0.997. The van der Waals surface area contributed by atoms with Crippen LogP contribution in [0.3, 0.4) is 0 Å². The number of ether oxygens (including phenoxy) is 1. The highest BCUT2D eigenvalue weighted by Gasteiger charge is 2.18. The number of nitrogens with two attached hydrogens (primary N) is 1. The normalized spacial score (nSPS) is 18.6. The molecule has 2 aliphatic rings. The van der Waals surface area contributed by atoms with Crippen LogP contribution in [0.5, 0.6) is 5.75 Å². The van der Waals surface area contributed by atoms with Crippen molar-refractivity contribution in [2.75, 3.05) is 26.2 Å². The number of nitrogens with zero attached hydrogens (tertiary/aromatic N) is 1. The Hall–Kier alpha value is -2.10. The van der Waals surface area contributed by atoms with Gasteiger partial charge in [0.05, 0.1) is 6.61 Å². The predicted octanol–water partition coefficient (Wildman–Crippen LogP) is 4.25. The zero-order valence-corrected chi connectivity index (χ0v) is 15.6. The molecule has 4 rings (SSSR count). The van der Waals surface area contributed by atoms with Crippen LogP contribution in [0.4, 0.5) is 0 Å². The van der Waals surface area contributed by atoms with Crippen LogP contribution in [0.15, 0.2) is 48.0 Å². The highest BCUT2D eigenvalue weighted by Crippen LogP contribution is 2.31. The van der Waals surface area contributed by atoms with Gasteiger partial charge in [0, 0.05) is 24.6 Å². The summed E-state index contributed by atoms with van der Waals surface area (Å²) in [7, 11) is 0. The van der Waals surface area contributed by atoms with Crippen LogP contribution in [0, 0.1) is 6.92 Å². The summed E-state index contributed by atoms with van der Waals surface area (Å²) in [6.45, 7) is 6.13. The molecule has 0 bridgehead atoms. The number of aryl methyl sites for hydroxylation is 1. The number of benzene rings is 2. The Labute approximate surface area is 156 Å². The van der Waals surface area contributed by atoms with Gasteiger partial charge in [-0.2, -0.15) is 0 Å². The first-order valence-corrected chi connectivity index (χ1v) is 9.69. The molecule has 0 radical (unpaired) electrons. The maximum atomic E-state index is 6.04. The molecule has 0 unspecified atom stereocenters. The number of hydrogen-bond donors (Lipinski definition) is 1. The second-order valence-corrected chi connectivity index (χ2v) is 7.63. The number of hydrogen-bond acceptors (Lipinski definition) is 3. The van der Waals surface area contributed by atoms with Gasteiger partial charge in [0.2, 0.25) is 0 Å². The molecule has 2 heterocycles. The van der Waals surface area contributed by atoms with Gasteiger partial charge < -0.3 is 10.5 Å². The first-order valence-electron chi connectivity index (χ1n) is 9.69. The van der Waals surface area contributed by atoms with Crippen molar-refractivity contribution in [3.63, 3.8) is 0 Å². The number of rotatable bonds is 3.